The number of aromatic nitrogens is 1. The number of carbonyl (C=O) groups is 2. The summed E-state index contributed by atoms with van der Waals surface area (Å²) in [5.74, 6) is -2.39. The van der Waals surface area contributed by atoms with Crippen LogP contribution in [0.25, 0.3) is 22.6 Å². The van der Waals surface area contributed by atoms with E-state index in [9.17, 15) is 19.8 Å². The van der Waals surface area contributed by atoms with Crippen molar-refractivity contribution in [2.75, 3.05) is 0 Å². The topological polar surface area (TPSA) is 90.4 Å². The molecule has 0 atom stereocenters. The van der Waals surface area contributed by atoms with Crippen molar-refractivity contribution in [1.29, 1.82) is 0 Å². The molecule has 0 radical (unpaired) electrons. The quantitative estimate of drug-likeness (QED) is 0.562. The molecule has 0 saturated heterocycles. The molecule has 0 aliphatic carbocycles. The van der Waals surface area contributed by atoms with Crippen LogP contribution in [0.1, 0.15) is 21.6 Å². The molecule has 0 aliphatic rings. The van der Waals surface area contributed by atoms with Gasteiger partial charge in [0.05, 0.1) is 10.6 Å². The van der Waals surface area contributed by atoms with E-state index in [2.05, 4.69) is 4.98 Å². The molecule has 0 aliphatic heterocycles. The first kappa shape index (κ1) is 16.6. The van der Waals surface area contributed by atoms with Gasteiger partial charge in [0.1, 0.15) is 5.69 Å². The number of hydrogen-bond acceptors (Lipinski definition) is 3. The first-order valence-electron chi connectivity index (χ1n) is 6.60. The average Bonchev–Trinajstić information content (AvgIpc) is 3.11. The lowest BCUT2D eigenvalue weighted by Gasteiger charge is -2.02. The van der Waals surface area contributed by atoms with Crippen LogP contribution >= 0.6 is 34.5 Å². The Morgan fingerprint density at radius 1 is 1.21 bits per heavy atom. The highest BCUT2D eigenvalue weighted by Gasteiger charge is 2.21. The number of aromatic amines is 1. The standard InChI is InChI=1S/C16H9Cl2NO4S/c17-8-3-11(18)13-10(14(16(22)23)19-12(13)4-8)5-9(15(20)21)7-1-2-24-6-7/h1-6,19H,(H,20,21)(H,22,23)/b9-5+. The van der Waals surface area contributed by atoms with Crippen molar-refractivity contribution in [3.05, 3.63) is 55.8 Å². The molecule has 3 N–H and O–H groups in total. The van der Waals surface area contributed by atoms with E-state index < -0.39 is 11.9 Å². The highest BCUT2D eigenvalue weighted by atomic mass is 35.5. The number of hydrogen-bond donors (Lipinski definition) is 3. The molecule has 3 rings (SSSR count). The smallest absolute Gasteiger partial charge is 0.352 e. The van der Waals surface area contributed by atoms with Gasteiger partial charge in [0, 0.05) is 21.5 Å². The molecule has 0 bridgehead atoms. The molecule has 0 unspecified atom stereocenters. The van der Waals surface area contributed by atoms with Crippen molar-refractivity contribution in [2.24, 2.45) is 0 Å². The summed E-state index contributed by atoms with van der Waals surface area (Å²) in [6.45, 7) is 0. The summed E-state index contributed by atoms with van der Waals surface area (Å²) in [7, 11) is 0. The minimum Gasteiger partial charge on any atom is -0.478 e. The third kappa shape index (κ3) is 2.91. The number of carboxylic acids is 2. The minimum atomic E-state index is -1.22. The highest BCUT2D eigenvalue weighted by molar-refractivity contribution is 7.08. The second-order valence-corrected chi connectivity index (χ2v) is 6.53. The van der Waals surface area contributed by atoms with Crippen LogP contribution in [-0.2, 0) is 4.79 Å². The van der Waals surface area contributed by atoms with Crippen LogP contribution in [0.15, 0.2) is 29.0 Å². The van der Waals surface area contributed by atoms with Crippen LogP contribution in [0.3, 0.4) is 0 Å². The SMILES string of the molecule is O=C(O)/C(=C/c1c(C(=O)O)[nH]c2cc(Cl)cc(Cl)c12)c1ccsc1. The zero-order valence-corrected chi connectivity index (χ0v) is 14.2. The normalized spacial score (nSPS) is 11.8. The van der Waals surface area contributed by atoms with Gasteiger partial charge in [0.15, 0.2) is 0 Å². The summed E-state index contributed by atoms with van der Waals surface area (Å²) in [6.07, 6.45) is 1.31. The van der Waals surface area contributed by atoms with E-state index in [-0.39, 0.29) is 21.9 Å². The lowest BCUT2D eigenvalue weighted by molar-refractivity contribution is -0.130. The maximum absolute atomic E-state index is 11.6. The lowest BCUT2D eigenvalue weighted by Crippen LogP contribution is -2.02. The van der Waals surface area contributed by atoms with Crippen molar-refractivity contribution in [2.45, 2.75) is 0 Å². The molecule has 2 heterocycles. The first-order valence-corrected chi connectivity index (χ1v) is 8.30. The van der Waals surface area contributed by atoms with E-state index in [1.165, 1.54) is 29.5 Å². The molecule has 0 amide bonds. The Bertz CT molecular complexity index is 989. The second kappa shape index (κ2) is 6.32. The van der Waals surface area contributed by atoms with Gasteiger partial charge in [-0.05, 0) is 40.6 Å². The van der Waals surface area contributed by atoms with Gasteiger partial charge in [0.25, 0.3) is 0 Å². The Hall–Kier alpha value is -2.28. The molecular formula is C16H9Cl2NO4S. The van der Waals surface area contributed by atoms with Crippen LogP contribution < -0.4 is 0 Å². The number of carboxylic acid groups (broad SMARTS) is 2. The first-order chi connectivity index (χ1) is 11.4. The Morgan fingerprint density at radius 3 is 2.54 bits per heavy atom. The van der Waals surface area contributed by atoms with Gasteiger partial charge in [-0.1, -0.05) is 23.2 Å². The Balaban J connectivity index is 2.35. The summed E-state index contributed by atoms with van der Waals surface area (Å²) < 4.78 is 0. The van der Waals surface area contributed by atoms with Crippen LogP contribution in [0.4, 0.5) is 0 Å². The number of halogens is 2. The zero-order valence-electron chi connectivity index (χ0n) is 11.8. The van der Waals surface area contributed by atoms with Crippen molar-refractivity contribution in [1.82, 2.24) is 4.98 Å². The van der Waals surface area contributed by atoms with Gasteiger partial charge in [-0.2, -0.15) is 11.3 Å². The summed E-state index contributed by atoms with van der Waals surface area (Å²) in [4.78, 5) is 25.9. The second-order valence-electron chi connectivity index (χ2n) is 4.90. The van der Waals surface area contributed by atoms with Gasteiger partial charge in [-0.25, -0.2) is 9.59 Å². The van der Waals surface area contributed by atoms with E-state index in [1.54, 1.807) is 16.8 Å². The maximum Gasteiger partial charge on any atom is 0.352 e. The molecule has 0 spiro atoms. The summed E-state index contributed by atoms with van der Waals surface area (Å²) >= 11 is 13.5. The minimum absolute atomic E-state index is 0.0225. The molecule has 2 aromatic heterocycles. The molecule has 1 aromatic carbocycles. The number of H-pyrrole nitrogens is 1. The predicted octanol–water partition coefficient (Wildman–Crippen LogP) is 4.86. The Kier molecular flexibility index (Phi) is 4.36. The fourth-order valence-electron chi connectivity index (χ4n) is 2.42. The van der Waals surface area contributed by atoms with Crippen molar-refractivity contribution < 1.29 is 19.8 Å². The van der Waals surface area contributed by atoms with Crippen LogP contribution in [0, 0.1) is 0 Å². The van der Waals surface area contributed by atoms with Crippen LogP contribution in [0.5, 0.6) is 0 Å². The molecule has 122 valence electrons. The summed E-state index contributed by atoms with van der Waals surface area (Å²) in [6, 6.07) is 4.67. The van der Waals surface area contributed by atoms with Gasteiger partial charge in [-0.15, -0.1) is 0 Å². The summed E-state index contributed by atoms with van der Waals surface area (Å²) in [5, 5.41) is 23.3. The lowest BCUT2D eigenvalue weighted by atomic mass is 10.0. The number of aliphatic carboxylic acids is 1. The summed E-state index contributed by atoms with van der Waals surface area (Å²) in [5.41, 5.74) is 0.936. The maximum atomic E-state index is 11.6. The highest BCUT2D eigenvalue weighted by Crippen LogP contribution is 2.35. The number of thiophene rings is 1. The molecule has 0 fully saturated rings. The third-order valence-corrected chi connectivity index (χ3v) is 4.62. The van der Waals surface area contributed by atoms with Crippen molar-refractivity contribution in [3.8, 4) is 0 Å². The van der Waals surface area contributed by atoms with E-state index in [4.69, 9.17) is 23.2 Å². The van der Waals surface area contributed by atoms with Crippen molar-refractivity contribution >= 4 is 69.0 Å². The molecule has 0 saturated carbocycles. The number of benzene rings is 1. The van der Waals surface area contributed by atoms with Gasteiger partial charge < -0.3 is 15.2 Å². The number of fused-ring (bicyclic) bond motifs is 1. The average molecular weight is 382 g/mol. The van der Waals surface area contributed by atoms with Crippen LogP contribution in [-0.4, -0.2) is 27.1 Å². The Labute approximate surface area is 149 Å². The van der Waals surface area contributed by atoms with Gasteiger partial charge in [-0.3, -0.25) is 0 Å². The third-order valence-electron chi connectivity index (χ3n) is 3.42. The molecular weight excluding hydrogens is 373 g/mol. The Morgan fingerprint density at radius 2 is 1.96 bits per heavy atom. The largest absolute Gasteiger partial charge is 0.478 e. The number of rotatable bonds is 4. The van der Waals surface area contributed by atoms with Crippen molar-refractivity contribution in [3.63, 3.8) is 0 Å². The molecule has 24 heavy (non-hydrogen) atoms. The predicted molar refractivity (Wildman–Crippen MR) is 95.1 cm³/mol. The van der Waals surface area contributed by atoms with Gasteiger partial charge in [0.2, 0.25) is 0 Å². The van der Waals surface area contributed by atoms with E-state index >= 15 is 0 Å². The monoisotopic (exact) mass is 381 g/mol. The van der Waals surface area contributed by atoms with Gasteiger partial charge >= 0.3 is 11.9 Å². The number of nitrogens with one attached hydrogen (secondary N) is 1. The van der Waals surface area contributed by atoms with E-state index in [0.29, 0.717) is 21.5 Å². The van der Waals surface area contributed by atoms with E-state index in [0.717, 1.165) is 0 Å². The molecule has 5 nitrogen and oxygen atoms in total. The molecule has 8 heteroatoms. The zero-order chi connectivity index (χ0) is 17.4. The van der Waals surface area contributed by atoms with Crippen LogP contribution in [0.2, 0.25) is 10.0 Å². The van der Waals surface area contributed by atoms with E-state index in [1.807, 2.05) is 0 Å². The number of aromatic carboxylic acids is 1. The fraction of sp³-hybridized carbons (Fsp3) is 0. The fourth-order valence-corrected chi connectivity index (χ4v) is 3.67. The molecule has 3 aromatic rings.